The minimum atomic E-state index is 0.648. The van der Waals surface area contributed by atoms with Crippen LogP contribution in [0.4, 0.5) is 0 Å². The summed E-state index contributed by atoms with van der Waals surface area (Å²) in [5.41, 5.74) is 7.63. The van der Waals surface area contributed by atoms with Gasteiger partial charge in [-0.2, -0.15) is 0 Å². The standard InChI is InChI=1S/C51H31N3S/c1-3-11-32(12-4-1)37-24-27-44-45-28-25-38(31-48(45)55-47(44)30-37)51-53-49(34-13-5-2-6-14-34)52-50(54-51)35-21-19-33(20-22-35)36-23-26-43-41-17-8-7-15-39(41)40-16-9-10-18-42(40)46(43)29-36/h1-31H. The zero-order valence-electron chi connectivity index (χ0n) is 29.6. The van der Waals surface area contributed by atoms with E-state index in [1.54, 1.807) is 0 Å². The molecule has 0 saturated heterocycles. The van der Waals surface area contributed by atoms with Crippen molar-refractivity contribution in [1.29, 1.82) is 0 Å². The van der Waals surface area contributed by atoms with E-state index >= 15 is 0 Å². The summed E-state index contributed by atoms with van der Waals surface area (Å²) in [5, 5.41) is 10.2. The molecule has 0 amide bonds. The van der Waals surface area contributed by atoms with Crippen molar-refractivity contribution >= 4 is 63.8 Å². The molecule has 9 aromatic carbocycles. The van der Waals surface area contributed by atoms with Crippen LogP contribution in [0, 0.1) is 0 Å². The molecular weight excluding hydrogens is 687 g/mol. The van der Waals surface area contributed by atoms with Crippen LogP contribution in [0.15, 0.2) is 188 Å². The maximum atomic E-state index is 5.10. The van der Waals surface area contributed by atoms with Gasteiger partial charge in [-0.15, -0.1) is 11.3 Å². The Balaban J connectivity index is 0.993. The molecule has 0 saturated carbocycles. The van der Waals surface area contributed by atoms with E-state index in [0.29, 0.717) is 17.5 Å². The lowest BCUT2D eigenvalue weighted by molar-refractivity contribution is 1.07. The predicted molar refractivity (Wildman–Crippen MR) is 232 cm³/mol. The first-order valence-corrected chi connectivity index (χ1v) is 19.3. The summed E-state index contributed by atoms with van der Waals surface area (Å²) in [6, 6.07) is 67.0. The van der Waals surface area contributed by atoms with E-state index in [0.717, 1.165) is 22.3 Å². The summed E-state index contributed by atoms with van der Waals surface area (Å²) in [7, 11) is 0. The van der Waals surface area contributed by atoms with Gasteiger partial charge in [0.05, 0.1) is 0 Å². The molecule has 0 aliphatic rings. The van der Waals surface area contributed by atoms with E-state index in [9.17, 15) is 0 Å². The molecule has 11 rings (SSSR count). The van der Waals surface area contributed by atoms with E-state index in [2.05, 4.69) is 170 Å². The molecule has 0 atom stereocenters. The summed E-state index contributed by atoms with van der Waals surface area (Å²) >= 11 is 1.81. The number of hydrogen-bond donors (Lipinski definition) is 0. The number of benzene rings is 9. The van der Waals surface area contributed by atoms with E-state index in [1.165, 1.54) is 69.2 Å². The molecule has 256 valence electrons. The number of fused-ring (bicyclic) bond motifs is 9. The molecule has 0 N–H and O–H groups in total. The van der Waals surface area contributed by atoms with Crippen molar-refractivity contribution in [3.05, 3.63) is 188 Å². The van der Waals surface area contributed by atoms with Gasteiger partial charge in [0.1, 0.15) is 0 Å². The van der Waals surface area contributed by atoms with Crippen LogP contribution >= 0.6 is 11.3 Å². The highest BCUT2D eigenvalue weighted by Crippen LogP contribution is 2.40. The van der Waals surface area contributed by atoms with Crippen molar-refractivity contribution in [3.8, 4) is 56.4 Å². The van der Waals surface area contributed by atoms with Crippen LogP contribution in [0.3, 0.4) is 0 Å². The highest BCUT2D eigenvalue weighted by atomic mass is 32.1. The average molecular weight is 718 g/mol. The van der Waals surface area contributed by atoms with Gasteiger partial charge >= 0.3 is 0 Å². The molecule has 2 aromatic heterocycles. The molecule has 11 aromatic rings. The van der Waals surface area contributed by atoms with Crippen LogP contribution in [-0.2, 0) is 0 Å². The molecule has 4 heteroatoms. The van der Waals surface area contributed by atoms with Crippen molar-refractivity contribution in [3.63, 3.8) is 0 Å². The fourth-order valence-electron chi connectivity index (χ4n) is 7.98. The number of rotatable bonds is 5. The lowest BCUT2D eigenvalue weighted by atomic mass is 9.92. The monoisotopic (exact) mass is 717 g/mol. The van der Waals surface area contributed by atoms with Crippen LogP contribution < -0.4 is 0 Å². The second-order valence-corrected chi connectivity index (χ2v) is 15.1. The Morgan fingerprint density at radius 3 is 1.16 bits per heavy atom. The number of thiophene rings is 1. The third kappa shape index (κ3) is 5.46. The first-order chi connectivity index (χ1) is 27.2. The van der Waals surface area contributed by atoms with Gasteiger partial charge in [0.2, 0.25) is 0 Å². The Labute approximate surface area is 321 Å². The summed E-state index contributed by atoms with van der Waals surface area (Å²) in [6.45, 7) is 0. The Kier molecular flexibility index (Phi) is 7.35. The Bertz CT molecular complexity index is 3210. The molecule has 0 aliphatic carbocycles. The minimum absolute atomic E-state index is 0.648. The van der Waals surface area contributed by atoms with Crippen molar-refractivity contribution in [1.82, 2.24) is 15.0 Å². The second-order valence-electron chi connectivity index (χ2n) is 14.0. The molecule has 55 heavy (non-hydrogen) atoms. The molecular formula is C51H31N3S. The molecule has 3 nitrogen and oxygen atoms in total. The average Bonchev–Trinajstić information content (AvgIpc) is 3.64. The van der Waals surface area contributed by atoms with Gasteiger partial charge in [0.25, 0.3) is 0 Å². The lowest BCUT2D eigenvalue weighted by Gasteiger charge is -2.12. The molecule has 0 bridgehead atoms. The maximum absolute atomic E-state index is 5.10. The van der Waals surface area contributed by atoms with Gasteiger partial charge in [0, 0.05) is 36.9 Å². The molecule has 0 fully saturated rings. The number of hydrogen-bond acceptors (Lipinski definition) is 4. The Hall–Kier alpha value is -7.01. The summed E-state index contributed by atoms with van der Waals surface area (Å²) in [5.74, 6) is 1.96. The zero-order valence-corrected chi connectivity index (χ0v) is 30.5. The maximum Gasteiger partial charge on any atom is 0.164 e. The van der Waals surface area contributed by atoms with Crippen molar-refractivity contribution in [2.75, 3.05) is 0 Å². The highest BCUT2D eigenvalue weighted by molar-refractivity contribution is 7.25. The van der Waals surface area contributed by atoms with Crippen molar-refractivity contribution in [2.24, 2.45) is 0 Å². The van der Waals surface area contributed by atoms with Gasteiger partial charge in [-0.05, 0) is 72.8 Å². The van der Waals surface area contributed by atoms with Gasteiger partial charge in [-0.3, -0.25) is 0 Å². The zero-order chi connectivity index (χ0) is 36.3. The van der Waals surface area contributed by atoms with Crippen molar-refractivity contribution < 1.29 is 0 Å². The molecule has 0 spiro atoms. The summed E-state index contributed by atoms with van der Waals surface area (Å²) in [6.07, 6.45) is 0. The molecule has 0 aliphatic heterocycles. The predicted octanol–water partition coefficient (Wildman–Crippen LogP) is 14.0. The SMILES string of the molecule is c1ccc(-c2ccc3c(c2)sc2cc(-c4nc(-c5ccccc5)nc(-c5ccc(-c6ccc7c8ccccc8c8ccccc8c7c6)cc5)n4)ccc23)cc1. The number of nitrogens with zero attached hydrogens (tertiary/aromatic N) is 3. The normalized spacial score (nSPS) is 11.6. The summed E-state index contributed by atoms with van der Waals surface area (Å²) in [4.78, 5) is 15.2. The van der Waals surface area contributed by atoms with Crippen LogP contribution in [0.2, 0.25) is 0 Å². The van der Waals surface area contributed by atoms with E-state index in [1.807, 2.05) is 29.5 Å². The fourth-order valence-corrected chi connectivity index (χ4v) is 9.16. The lowest BCUT2D eigenvalue weighted by Crippen LogP contribution is -2.00. The minimum Gasteiger partial charge on any atom is -0.208 e. The first-order valence-electron chi connectivity index (χ1n) is 18.5. The van der Waals surface area contributed by atoms with Gasteiger partial charge in [-0.25, -0.2) is 15.0 Å². The van der Waals surface area contributed by atoms with Crippen LogP contribution in [0.25, 0.3) is 109 Å². The van der Waals surface area contributed by atoms with E-state index in [-0.39, 0.29) is 0 Å². The van der Waals surface area contributed by atoms with Crippen LogP contribution in [0.5, 0.6) is 0 Å². The Morgan fingerprint density at radius 2 is 0.582 bits per heavy atom. The van der Waals surface area contributed by atoms with Crippen LogP contribution in [-0.4, -0.2) is 15.0 Å². The van der Waals surface area contributed by atoms with Crippen molar-refractivity contribution in [2.45, 2.75) is 0 Å². The largest absolute Gasteiger partial charge is 0.208 e. The van der Waals surface area contributed by atoms with Gasteiger partial charge in [0.15, 0.2) is 17.5 Å². The van der Waals surface area contributed by atoms with Gasteiger partial charge < -0.3 is 0 Å². The second kappa shape index (κ2) is 12.8. The Morgan fingerprint density at radius 1 is 0.236 bits per heavy atom. The smallest absolute Gasteiger partial charge is 0.164 e. The van der Waals surface area contributed by atoms with E-state index < -0.39 is 0 Å². The first kappa shape index (κ1) is 31.5. The summed E-state index contributed by atoms with van der Waals surface area (Å²) < 4.78 is 2.48. The molecule has 0 radical (unpaired) electrons. The molecule has 2 heterocycles. The van der Waals surface area contributed by atoms with Crippen LogP contribution in [0.1, 0.15) is 0 Å². The third-order valence-electron chi connectivity index (χ3n) is 10.7. The quantitative estimate of drug-likeness (QED) is 0.166. The van der Waals surface area contributed by atoms with Gasteiger partial charge in [-0.1, -0.05) is 170 Å². The molecule has 0 unspecified atom stereocenters. The topological polar surface area (TPSA) is 38.7 Å². The number of aromatic nitrogens is 3. The highest BCUT2D eigenvalue weighted by Gasteiger charge is 2.15. The van der Waals surface area contributed by atoms with E-state index in [4.69, 9.17) is 15.0 Å². The third-order valence-corrected chi connectivity index (χ3v) is 11.8. The fraction of sp³-hybridized carbons (Fsp3) is 0.